The number of unbranched alkanes of at least 4 members (excludes halogenated alkanes) is 1. The molecular weight excluding hydrogens is 256 g/mol. The molecule has 2 heteroatoms. The molecule has 1 unspecified atom stereocenters. The molecule has 0 saturated heterocycles. The van der Waals surface area contributed by atoms with E-state index in [4.69, 9.17) is 0 Å². The maximum Gasteiger partial charge on any atom is 0.0445 e. The molecule has 0 amide bonds. The second-order valence-corrected chi connectivity index (χ2v) is 6.78. The summed E-state index contributed by atoms with van der Waals surface area (Å²) in [4.78, 5) is 2.85. The van der Waals surface area contributed by atoms with E-state index in [1.807, 2.05) is 22.7 Å². The van der Waals surface area contributed by atoms with E-state index >= 15 is 0 Å². The Kier molecular flexibility index (Phi) is 5.45. The normalized spacial score (nSPS) is 12.8. The Bertz CT molecular complexity index is 439. The Morgan fingerprint density at radius 3 is 2.72 bits per heavy atom. The van der Waals surface area contributed by atoms with Gasteiger partial charge in [-0.3, -0.25) is 0 Å². The molecule has 0 nitrogen and oxygen atoms in total. The predicted molar refractivity (Wildman–Crippen MR) is 84.6 cm³/mol. The molecule has 98 valence electrons. The van der Waals surface area contributed by atoms with Crippen LogP contribution in [0.25, 0.3) is 9.75 Å². The van der Waals surface area contributed by atoms with Crippen LogP contribution in [-0.2, 0) is 6.42 Å². The molecule has 0 spiro atoms. The van der Waals surface area contributed by atoms with Crippen LogP contribution < -0.4 is 0 Å². The maximum absolute atomic E-state index is 2.39. The Hall–Kier alpha value is -0.600. The summed E-state index contributed by atoms with van der Waals surface area (Å²) in [5, 5.41) is 4.51. The third-order valence-corrected chi connectivity index (χ3v) is 5.53. The third kappa shape index (κ3) is 3.69. The maximum atomic E-state index is 2.39. The zero-order valence-electron chi connectivity index (χ0n) is 11.3. The molecule has 18 heavy (non-hydrogen) atoms. The van der Waals surface area contributed by atoms with E-state index in [0.29, 0.717) is 0 Å². The molecule has 0 aliphatic heterocycles. The zero-order valence-corrected chi connectivity index (χ0v) is 12.9. The number of hydrogen-bond donors (Lipinski definition) is 0. The van der Waals surface area contributed by atoms with Gasteiger partial charge in [-0.1, -0.05) is 45.6 Å². The second-order valence-electron chi connectivity index (χ2n) is 4.92. The van der Waals surface area contributed by atoms with Gasteiger partial charge in [-0.25, -0.2) is 0 Å². The van der Waals surface area contributed by atoms with Crippen LogP contribution >= 0.6 is 22.7 Å². The minimum Gasteiger partial charge on any atom is -0.143 e. The molecule has 2 aromatic rings. The Morgan fingerprint density at radius 1 is 1.17 bits per heavy atom. The number of thiophene rings is 2. The summed E-state index contributed by atoms with van der Waals surface area (Å²) in [5.41, 5.74) is 1.53. The highest BCUT2D eigenvalue weighted by Gasteiger charge is 2.09. The second kappa shape index (κ2) is 7.10. The molecule has 0 bridgehead atoms. The summed E-state index contributed by atoms with van der Waals surface area (Å²) < 4.78 is 0. The van der Waals surface area contributed by atoms with Gasteiger partial charge in [-0.2, -0.15) is 0 Å². The fourth-order valence-corrected chi connectivity index (χ4v) is 4.08. The van der Waals surface area contributed by atoms with Crippen molar-refractivity contribution in [2.24, 2.45) is 5.92 Å². The van der Waals surface area contributed by atoms with Gasteiger partial charge in [0.2, 0.25) is 0 Å². The average Bonchev–Trinajstić information content (AvgIpc) is 3.04. The van der Waals surface area contributed by atoms with Crippen LogP contribution in [0.2, 0.25) is 0 Å². The van der Waals surface area contributed by atoms with Gasteiger partial charge in [0, 0.05) is 9.75 Å². The lowest BCUT2D eigenvalue weighted by atomic mass is 9.93. The highest BCUT2D eigenvalue weighted by molar-refractivity contribution is 7.20. The van der Waals surface area contributed by atoms with Crippen molar-refractivity contribution in [3.63, 3.8) is 0 Å². The molecule has 0 aliphatic carbocycles. The van der Waals surface area contributed by atoms with Gasteiger partial charge < -0.3 is 0 Å². The van der Waals surface area contributed by atoms with Crippen molar-refractivity contribution in [3.8, 4) is 9.75 Å². The third-order valence-electron chi connectivity index (χ3n) is 3.49. The van der Waals surface area contributed by atoms with Crippen LogP contribution in [0.15, 0.2) is 29.0 Å². The van der Waals surface area contributed by atoms with E-state index in [9.17, 15) is 0 Å². The molecule has 0 saturated carbocycles. The van der Waals surface area contributed by atoms with Crippen molar-refractivity contribution in [2.75, 3.05) is 0 Å². The molecule has 0 aliphatic rings. The van der Waals surface area contributed by atoms with Gasteiger partial charge in [0.05, 0.1) is 0 Å². The summed E-state index contributed by atoms with van der Waals surface area (Å²) in [7, 11) is 0. The van der Waals surface area contributed by atoms with Crippen LogP contribution in [0.3, 0.4) is 0 Å². The van der Waals surface area contributed by atoms with Crippen molar-refractivity contribution >= 4 is 22.7 Å². The first-order chi connectivity index (χ1) is 8.83. The molecule has 1 atom stereocenters. The smallest absolute Gasteiger partial charge is 0.0445 e. The first-order valence-corrected chi connectivity index (χ1v) is 8.70. The van der Waals surface area contributed by atoms with E-state index in [-0.39, 0.29) is 0 Å². The number of hydrogen-bond acceptors (Lipinski definition) is 2. The molecule has 0 N–H and O–H groups in total. The van der Waals surface area contributed by atoms with Gasteiger partial charge >= 0.3 is 0 Å². The van der Waals surface area contributed by atoms with Crippen LogP contribution in [0.5, 0.6) is 0 Å². The van der Waals surface area contributed by atoms with E-state index in [2.05, 4.69) is 42.8 Å². The van der Waals surface area contributed by atoms with Crippen LogP contribution in [0.4, 0.5) is 0 Å². The lowest BCUT2D eigenvalue weighted by Gasteiger charge is -2.12. The standard InChI is InChI=1S/C16H22S2/c1-3-5-7-13(4-2)10-14-11-16(18-12-14)15-8-6-9-17-15/h6,8-9,11-13H,3-5,7,10H2,1-2H3. The Labute approximate surface area is 119 Å². The summed E-state index contributed by atoms with van der Waals surface area (Å²) in [6.45, 7) is 4.61. The zero-order chi connectivity index (χ0) is 12.8. The highest BCUT2D eigenvalue weighted by Crippen LogP contribution is 2.32. The molecule has 2 rings (SSSR count). The number of rotatable bonds is 7. The topological polar surface area (TPSA) is 0 Å². The van der Waals surface area contributed by atoms with Crippen molar-refractivity contribution in [3.05, 3.63) is 34.5 Å². The lowest BCUT2D eigenvalue weighted by molar-refractivity contribution is 0.449. The van der Waals surface area contributed by atoms with Gasteiger partial charge in [-0.15, -0.1) is 22.7 Å². The lowest BCUT2D eigenvalue weighted by Crippen LogP contribution is -2.02. The predicted octanol–water partition coefficient (Wildman–Crippen LogP) is 6.24. The molecule has 0 radical (unpaired) electrons. The van der Waals surface area contributed by atoms with E-state index in [1.165, 1.54) is 47.4 Å². The Morgan fingerprint density at radius 2 is 2.06 bits per heavy atom. The summed E-state index contributed by atoms with van der Waals surface area (Å²) >= 11 is 3.73. The summed E-state index contributed by atoms with van der Waals surface area (Å²) in [6, 6.07) is 6.75. The minimum atomic E-state index is 0.871. The van der Waals surface area contributed by atoms with Crippen molar-refractivity contribution < 1.29 is 0 Å². The van der Waals surface area contributed by atoms with Crippen molar-refractivity contribution in [2.45, 2.75) is 46.0 Å². The quantitative estimate of drug-likeness (QED) is 0.562. The van der Waals surface area contributed by atoms with Crippen LogP contribution in [0, 0.1) is 5.92 Å². The van der Waals surface area contributed by atoms with E-state index in [0.717, 1.165) is 5.92 Å². The molecule has 0 aromatic carbocycles. The molecular formula is C16H22S2. The summed E-state index contributed by atoms with van der Waals surface area (Å²) in [6.07, 6.45) is 6.65. The first-order valence-electron chi connectivity index (χ1n) is 6.94. The van der Waals surface area contributed by atoms with Gasteiger partial charge in [0.15, 0.2) is 0 Å². The fraction of sp³-hybridized carbons (Fsp3) is 0.500. The minimum absolute atomic E-state index is 0.871. The van der Waals surface area contributed by atoms with Gasteiger partial charge in [0.25, 0.3) is 0 Å². The summed E-state index contributed by atoms with van der Waals surface area (Å²) in [5.74, 6) is 0.871. The van der Waals surface area contributed by atoms with Crippen LogP contribution in [0.1, 0.15) is 45.1 Å². The van der Waals surface area contributed by atoms with Gasteiger partial charge in [0.1, 0.15) is 0 Å². The molecule has 0 fully saturated rings. The monoisotopic (exact) mass is 278 g/mol. The fourth-order valence-electron chi connectivity index (χ4n) is 2.31. The van der Waals surface area contributed by atoms with Gasteiger partial charge in [-0.05, 0) is 40.8 Å². The SMILES string of the molecule is CCCCC(CC)Cc1csc(-c2cccs2)c1. The first kappa shape index (κ1) is 13.8. The highest BCUT2D eigenvalue weighted by atomic mass is 32.1. The van der Waals surface area contributed by atoms with E-state index in [1.54, 1.807) is 0 Å². The average molecular weight is 278 g/mol. The van der Waals surface area contributed by atoms with Crippen LogP contribution in [-0.4, -0.2) is 0 Å². The van der Waals surface area contributed by atoms with E-state index < -0.39 is 0 Å². The van der Waals surface area contributed by atoms with Crippen molar-refractivity contribution in [1.29, 1.82) is 0 Å². The molecule has 2 heterocycles. The largest absolute Gasteiger partial charge is 0.143 e. The Balaban J connectivity index is 1.97. The molecule has 2 aromatic heterocycles. The van der Waals surface area contributed by atoms with Crippen molar-refractivity contribution in [1.82, 2.24) is 0 Å².